The lowest BCUT2D eigenvalue weighted by Crippen LogP contribution is -2.51. The molecule has 1 N–H and O–H groups in total. The molecule has 0 spiro atoms. The molecule has 0 saturated carbocycles. The normalized spacial score (nSPS) is 19.3. The van der Waals surface area contributed by atoms with Crippen molar-refractivity contribution in [1.82, 2.24) is 20.1 Å². The standard InChI is InChI=1S/C23H33N5O2/c1-26(2)13-14-30-23(29)25-9-12-27-10-4-6-20(17-27)28-11-8-19-16-24-15-18-5-3-7-21(28)22(18)19/h3,5,7,15-16,20H,4,6,8-14,17H2,1-2H3,(H,25,29). The van der Waals surface area contributed by atoms with Crippen LogP contribution in [0.5, 0.6) is 0 Å². The van der Waals surface area contributed by atoms with Gasteiger partial charge >= 0.3 is 6.09 Å². The number of carbonyl (C=O) groups excluding carboxylic acids is 1. The SMILES string of the molecule is CN(C)CCOC(=O)NCCN1CCCC(N2CCc3cncc4cccc2c34)C1. The second-order valence-corrected chi connectivity index (χ2v) is 8.58. The summed E-state index contributed by atoms with van der Waals surface area (Å²) < 4.78 is 5.20. The number of aromatic nitrogens is 1. The largest absolute Gasteiger partial charge is 0.448 e. The summed E-state index contributed by atoms with van der Waals surface area (Å²) in [5, 5.41) is 5.49. The van der Waals surface area contributed by atoms with Crippen LogP contribution in [0.4, 0.5) is 10.5 Å². The molecule has 1 atom stereocenters. The van der Waals surface area contributed by atoms with E-state index < -0.39 is 0 Å². The summed E-state index contributed by atoms with van der Waals surface area (Å²) in [6.07, 6.45) is 7.14. The minimum Gasteiger partial charge on any atom is -0.448 e. The van der Waals surface area contributed by atoms with Crippen molar-refractivity contribution in [3.05, 3.63) is 36.2 Å². The van der Waals surface area contributed by atoms with Crippen molar-refractivity contribution >= 4 is 22.6 Å². The zero-order valence-corrected chi connectivity index (χ0v) is 18.1. The minimum absolute atomic E-state index is 0.321. The lowest BCUT2D eigenvalue weighted by atomic mass is 9.95. The molecule has 162 valence electrons. The Balaban J connectivity index is 1.32. The van der Waals surface area contributed by atoms with Gasteiger partial charge in [0.2, 0.25) is 0 Å². The Morgan fingerprint density at radius 2 is 2.20 bits per heavy atom. The number of ether oxygens (including phenoxy) is 1. The number of carbonyl (C=O) groups is 1. The summed E-state index contributed by atoms with van der Waals surface area (Å²) in [6, 6.07) is 7.08. The van der Waals surface area contributed by atoms with Gasteiger partial charge in [-0.15, -0.1) is 0 Å². The first-order chi connectivity index (χ1) is 14.6. The zero-order chi connectivity index (χ0) is 20.9. The molecule has 2 aliphatic heterocycles. The Morgan fingerprint density at radius 3 is 3.07 bits per heavy atom. The van der Waals surface area contributed by atoms with Gasteiger partial charge in [-0.05, 0) is 51.5 Å². The summed E-state index contributed by atoms with van der Waals surface area (Å²) in [5.41, 5.74) is 2.72. The van der Waals surface area contributed by atoms with E-state index in [1.165, 1.54) is 34.9 Å². The molecule has 1 aromatic heterocycles. The third-order valence-corrected chi connectivity index (χ3v) is 6.16. The Labute approximate surface area is 179 Å². The lowest BCUT2D eigenvalue weighted by molar-refractivity contribution is 0.134. The van der Waals surface area contributed by atoms with Crippen LogP contribution in [0.1, 0.15) is 18.4 Å². The number of pyridine rings is 1. The number of nitrogens with zero attached hydrogens (tertiary/aromatic N) is 4. The van der Waals surface area contributed by atoms with E-state index in [1.54, 1.807) is 0 Å². The van der Waals surface area contributed by atoms with E-state index in [0.29, 0.717) is 19.2 Å². The maximum Gasteiger partial charge on any atom is 0.407 e. The molecule has 0 bridgehead atoms. The van der Waals surface area contributed by atoms with Crippen LogP contribution in [0.3, 0.4) is 0 Å². The first kappa shape index (κ1) is 20.9. The Kier molecular flexibility index (Phi) is 6.69. The van der Waals surface area contributed by atoms with Gasteiger partial charge in [-0.1, -0.05) is 12.1 Å². The Hall–Kier alpha value is -2.38. The summed E-state index contributed by atoms with van der Waals surface area (Å²) in [5.74, 6) is 0. The highest BCUT2D eigenvalue weighted by atomic mass is 16.5. The third-order valence-electron chi connectivity index (χ3n) is 6.16. The fourth-order valence-corrected chi connectivity index (χ4v) is 4.63. The smallest absolute Gasteiger partial charge is 0.407 e. The van der Waals surface area contributed by atoms with Gasteiger partial charge in [0.25, 0.3) is 0 Å². The highest BCUT2D eigenvalue weighted by Gasteiger charge is 2.29. The van der Waals surface area contributed by atoms with Gasteiger partial charge in [0.1, 0.15) is 6.61 Å². The number of anilines is 1. The molecule has 2 aliphatic rings. The lowest BCUT2D eigenvalue weighted by Gasteiger charge is -2.43. The van der Waals surface area contributed by atoms with Crippen LogP contribution < -0.4 is 10.2 Å². The van der Waals surface area contributed by atoms with Gasteiger partial charge in [-0.25, -0.2) is 4.79 Å². The number of nitrogens with one attached hydrogen (secondary N) is 1. The fourth-order valence-electron chi connectivity index (χ4n) is 4.63. The molecule has 7 heteroatoms. The molecule has 1 aromatic carbocycles. The van der Waals surface area contributed by atoms with Crippen LogP contribution in [-0.2, 0) is 11.2 Å². The van der Waals surface area contributed by atoms with Gasteiger partial charge in [0.15, 0.2) is 0 Å². The van der Waals surface area contributed by atoms with E-state index in [4.69, 9.17) is 4.74 Å². The van der Waals surface area contributed by atoms with Crippen molar-refractivity contribution in [2.75, 3.05) is 64.9 Å². The number of benzene rings is 1. The predicted molar refractivity (Wildman–Crippen MR) is 120 cm³/mol. The highest BCUT2D eigenvalue weighted by Crippen LogP contribution is 2.36. The van der Waals surface area contributed by atoms with Gasteiger partial charge < -0.3 is 19.9 Å². The van der Waals surface area contributed by atoms with Gasteiger partial charge in [-0.3, -0.25) is 9.88 Å². The van der Waals surface area contributed by atoms with Crippen molar-refractivity contribution in [3.8, 4) is 0 Å². The average Bonchev–Trinajstić information content (AvgIpc) is 2.74. The van der Waals surface area contributed by atoms with Gasteiger partial charge in [-0.2, -0.15) is 0 Å². The number of alkyl carbamates (subject to hydrolysis) is 1. The van der Waals surface area contributed by atoms with E-state index in [-0.39, 0.29) is 6.09 Å². The maximum atomic E-state index is 11.8. The number of hydrogen-bond donors (Lipinski definition) is 1. The second kappa shape index (κ2) is 9.62. The van der Waals surface area contributed by atoms with Crippen LogP contribution in [-0.4, -0.2) is 86.9 Å². The quantitative estimate of drug-likeness (QED) is 0.755. The van der Waals surface area contributed by atoms with Crippen molar-refractivity contribution in [2.45, 2.75) is 25.3 Å². The van der Waals surface area contributed by atoms with Crippen molar-refractivity contribution in [2.24, 2.45) is 0 Å². The molecule has 1 saturated heterocycles. The summed E-state index contributed by atoms with van der Waals surface area (Å²) in [6.45, 7) is 5.81. The topological polar surface area (TPSA) is 60.9 Å². The molecular formula is C23H33N5O2. The van der Waals surface area contributed by atoms with E-state index in [0.717, 1.165) is 39.1 Å². The van der Waals surface area contributed by atoms with Crippen molar-refractivity contribution in [1.29, 1.82) is 0 Å². The van der Waals surface area contributed by atoms with E-state index in [9.17, 15) is 4.79 Å². The van der Waals surface area contributed by atoms with Crippen LogP contribution in [0.15, 0.2) is 30.6 Å². The first-order valence-corrected chi connectivity index (χ1v) is 11.0. The number of rotatable bonds is 7. The molecule has 2 aromatic rings. The van der Waals surface area contributed by atoms with Gasteiger partial charge in [0.05, 0.1) is 0 Å². The van der Waals surface area contributed by atoms with E-state index in [1.807, 2.05) is 31.4 Å². The molecule has 3 heterocycles. The van der Waals surface area contributed by atoms with Crippen molar-refractivity contribution in [3.63, 3.8) is 0 Å². The molecule has 1 fully saturated rings. The average molecular weight is 412 g/mol. The maximum absolute atomic E-state index is 11.8. The van der Waals surface area contributed by atoms with E-state index in [2.05, 4.69) is 38.3 Å². The number of likely N-dealkylation sites (tertiary alicyclic amines) is 1. The molecule has 4 rings (SSSR count). The summed E-state index contributed by atoms with van der Waals surface area (Å²) >= 11 is 0. The number of hydrogen-bond acceptors (Lipinski definition) is 6. The van der Waals surface area contributed by atoms with Crippen LogP contribution in [0.25, 0.3) is 10.8 Å². The second-order valence-electron chi connectivity index (χ2n) is 8.58. The number of amides is 1. The summed E-state index contributed by atoms with van der Waals surface area (Å²) in [4.78, 5) is 23.3. The monoisotopic (exact) mass is 411 g/mol. The molecular weight excluding hydrogens is 378 g/mol. The van der Waals surface area contributed by atoms with Crippen LogP contribution in [0, 0.1) is 0 Å². The van der Waals surface area contributed by atoms with Gasteiger partial charge in [0, 0.05) is 67.6 Å². The number of likely N-dealkylation sites (N-methyl/N-ethyl adjacent to an activating group) is 1. The van der Waals surface area contributed by atoms with E-state index >= 15 is 0 Å². The molecule has 7 nitrogen and oxygen atoms in total. The molecule has 0 aliphatic carbocycles. The zero-order valence-electron chi connectivity index (χ0n) is 18.1. The molecule has 0 radical (unpaired) electrons. The summed E-state index contributed by atoms with van der Waals surface area (Å²) in [7, 11) is 3.93. The molecule has 30 heavy (non-hydrogen) atoms. The highest BCUT2D eigenvalue weighted by molar-refractivity contribution is 5.97. The molecule has 1 unspecified atom stereocenters. The minimum atomic E-state index is -0.321. The molecule has 1 amide bonds. The fraction of sp³-hybridized carbons (Fsp3) is 0.565. The Morgan fingerprint density at radius 1 is 1.30 bits per heavy atom. The van der Waals surface area contributed by atoms with Crippen LogP contribution in [0.2, 0.25) is 0 Å². The Bertz CT molecular complexity index is 867. The third kappa shape index (κ3) is 4.84. The predicted octanol–water partition coefficient (Wildman–Crippen LogP) is 2.35. The first-order valence-electron chi connectivity index (χ1n) is 11.0. The van der Waals surface area contributed by atoms with Crippen molar-refractivity contribution < 1.29 is 9.53 Å². The number of piperidine rings is 1. The van der Waals surface area contributed by atoms with Crippen LogP contribution >= 0.6 is 0 Å².